The largest absolute Gasteiger partial charge is 0.326 e. The maximum Gasteiger partial charge on any atom is 0.225 e. The number of aryl methyl sites for hydroxylation is 1. The molecule has 1 aromatic carbocycles. The molecule has 0 bridgehead atoms. The molecule has 2 nitrogen and oxygen atoms in total. The van der Waals surface area contributed by atoms with Gasteiger partial charge in [0.2, 0.25) is 5.91 Å². The summed E-state index contributed by atoms with van der Waals surface area (Å²) in [6, 6.07) is 3.23. The van der Waals surface area contributed by atoms with Gasteiger partial charge in [-0.3, -0.25) is 4.79 Å². The summed E-state index contributed by atoms with van der Waals surface area (Å²) >= 11 is 0. The lowest BCUT2D eigenvalue weighted by molar-refractivity contribution is -0.117. The molecule has 1 aliphatic heterocycles. The van der Waals surface area contributed by atoms with Crippen molar-refractivity contribution in [1.29, 1.82) is 0 Å². The van der Waals surface area contributed by atoms with Crippen LogP contribution < -0.4 is 5.32 Å². The Bertz CT molecular complexity index is 438. The molecule has 1 heterocycles. The monoisotopic (exact) mass is 237 g/mol. The molecule has 3 heteroatoms. The van der Waals surface area contributed by atoms with E-state index in [0.29, 0.717) is 17.7 Å². The minimum absolute atomic E-state index is 0.0456. The van der Waals surface area contributed by atoms with Crippen molar-refractivity contribution in [3.8, 4) is 0 Å². The molecule has 17 heavy (non-hydrogen) atoms. The Kier molecular flexibility index (Phi) is 3.91. The van der Waals surface area contributed by atoms with Crippen molar-refractivity contribution in [3.05, 3.63) is 29.1 Å². The molecule has 0 saturated heterocycles. The Labute approximate surface area is 102 Å². The van der Waals surface area contributed by atoms with Gasteiger partial charge in [0.15, 0.2) is 0 Å². The predicted molar refractivity (Wildman–Crippen MR) is 68.8 cm³/mol. The molecule has 0 aromatic heterocycles. The molecule has 2 rings (SSSR count). The zero-order chi connectivity index (χ0) is 13.2. The zero-order valence-electron chi connectivity index (χ0n) is 11.1. The Morgan fingerprint density at radius 3 is 2.47 bits per heavy atom. The van der Waals surface area contributed by atoms with Crippen LogP contribution in [-0.2, 0) is 10.2 Å². The van der Waals surface area contributed by atoms with Gasteiger partial charge in [0.05, 0.1) is 0 Å². The van der Waals surface area contributed by atoms with E-state index in [4.69, 9.17) is 0 Å². The summed E-state index contributed by atoms with van der Waals surface area (Å²) in [5.41, 5.74) is 2.04. The summed E-state index contributed by atoms with van der Waals surface area (Å²) in [6.07, 6.45) is 0.449. The summed E-state index contributed by atoms with van der Waals surface area (Å²) in [4.78, 5) is 11.4. The van der Waals surface area contributed by atoms with E-state index in [1.807, 2.05) is 33.8 Å². The Balaban J connectivity index is 0.000000686. The van der Waals surface area contributed by atoms with Crippen LogP contribution in [0.1, 0.15) is 45.2 Å². The number of amides is 1. The number of hydrogen-bond acceptors (Lipinski definition) is 1. The Morgan fingerprint density at radius 1 is 1.29 bits per heavy atom. The number of hydrogen-bond donors (Lipinski definition) is 1. The van der Waals surface area contributed by atoms with Crippen LogP contribution in [0.2, 0.25) is 0 Å². The van der Waals surface area contributed by atoms with Crippen molar-refractivity contribution >= 4 is 11.6 Å². The molecular formula is C14H20FNO. The molecule has 0 unspecified atom stereocenters. The molecule has 94 valence electrons. The summed E-state index contributed by atoms with van der Waals surface area (Å²) < 4.78 is 13.3. The second-order valence-electron chi connectivity index (χ2n) is 4.76. The maximum absolute atomic E-state index is 13.3. The normalized spacial score (nSPS) is 16.5. The van der Waals surface area contributed by atoms with Gasteiger partial charge in [-0.25, -0.2) is 4.39 Å². The van der Waals surface area contributed by atoms with Crippen molar-refractivity contribution in [1.82, 2.24) is 0 Å². The van der Waals surface area contributed by atoms with E-state index in [0.717, 1.165) is 5.56 Å². The van der Waals surface area contributed by atoms with E-state index in [9.17, 15) is 9.18 Å². The molecule has 1 amide bonds. The van der Waals surface area contributed by atoms with Crippen LogP contribution in [0.4, 0.5) is 10.1 Å². The lowest BCUT2D eigenvalue weighted by Gasteiger charge is -2.32. The molecule has 0 atom stereocenters. The number of anilines is 1. The highest BCUT2D eigenvalue weighted by Crippen LogP contribution is 2.38. The first-order valence-corrected chi connectivity index (χ1v) is 6.00. The van der Waals surface area contributed by atoms with Crippen LogP contribution in [0.15, 0.2) is 12.1 Å². The van der Waals surface area contributed by atoms with E-state index in [1.165, 1.54) is 6.07 Å². The molecule has 0 saturated carbocycles. The van der Waals surface area contributed by atoms with Crippen molar-refractivity contribution in [2.24, 2.45) is 0 Å². The smallest absolute Gasteiger partial charge is 0.225 e. The Hall–Kier alpha value is -1.38. The number of nitrogens with one attached hydrogen (secondary N) is 1. The number of benzene rings is 1. The highest BCUT2D eigenvalue weighted by atomic mass is 19.1. The summed E-state index contributed by atoms with van der Waals surface area (Å²) in [5, 5.41) is 2.70. The second kappa shape index (κ2) is 4.86. The quantitative estimate of drug-likeness (QED) is 0.731. The molecule has 0 aliphatic carbocycles. The van der Waals surface area contributed by atoms with E-state index >= 15 is 0 Å². The summed E-state index contributed by atoms with van der Waals surface area (Å²) in [5.74, 6) is -0.317. The number of fused-ring (bicyclic) bond motifs is 1. The van der Waals surface area contributed by atoms with Crippen LogP contribution in [-0.4, -0.2) is 5.91 Å². The van der Waals surface area contributed by atoms with E-state index in [2.05, 4.69) is 5.32 Å². The highest BCUT2D eigenvalue weighted by molar-refractivity contribution is 5.95. The van der Waals surface area contributed by atoms with Gasteiger partial charge in [0, 0.05) is 17.5 Å². The van der Waals surface area contributed by atoms with Gasteiger partial charge >= 0.3 is 0 Å². The van der Waals surface area contributed by atoms with Crippen LogP contribution in [0.25, 0.3) is 0 Å². The third-order valence-electron chi connectivity index (χ3n) is 2.90. The minimum atomic E-state index is -0.272. The summed E-state index contributed by atoms with van der Waals surface area (Å²) in [7, 11) is 0. The van der Waals surface area contributed by atoms with Crippen LogP contribution in [0.5, 0.6) is 0 Å². The van der Waals surface area contributed by atoms with Gasteiger partial charge in [0.25, 0.3) is 0 Å². The maximum atomic E-state index is 13.3. The van der Waals surface area contributed by atoms with Gasteiger partial charge in [-0.2, -0.15) is 0 Å². The third-order valence-corrected chi connectivity index (χ3v) is 2.90. The standard InChI is InChI=1S/C12H14FNO.C2H6/c1-7-4-8-10(5-9(7)13)14-11(15)6-12(8,2)3;1-2/h4-5H,6H2,1-3H3,(H,14,15);1-2H3. The van der Waals surface area contributed by atoms with E-state index < -0.39 is 0 Å². The van der Waals surface area contributed by atoms with Crippen molar-refractivity contribution in [2.45, 2.75) is 46.5 Å². The molecule has 1 N–H and O–H groups in total. The SMILES string of the molecule is CC.Cc1cc2c(cc1F)NC(=O)CC2(C)C. The first-order valence-electron chi connectivity index (χ1n) is 6.00. The first kappa shape index (κ1) is 13.7. The van der Waals surface area contributed by atoms with Gasteiger partial charge in [-0.1, -0.05) is 33.8 Å². The fourth-order valence-electron chi connectivity index (χ4n) is 2.04. The highest BCUT2D eigenvalue weighted by Gasteiger charge is 2.32. The van der Waals surface area contributed by atoms with Crippen LogP contribution in [0, 0.1) is 12.7 Å². The Morgan fingerprint density at radius 2 is 1.88 bits per heavy atom. The average molecular weight is 237 g/mol. The molecule has 0 spiro atoms. The fraction of sp³-hybridized carbons (Fsp3) is 0.500. The molecule has 1 aromatic rings. The summed E-state index contributed by atoms with van der Waals surface area (Å²) in [6.45, 7) is 9.74. The fourth-order valence-corrected chi connectivity index (χ4v) is 2.04. The van der Waals surface area contributed by atoms with Gasteiger partial charge in [-0.15, -0.1) is 0 Å². The first-order chi connectivity index (χ1) is 7.90. The van der Waals surface area contributed by atoms with Gasteiger partial charge in [-0.05, 0) is 24.1 Å². The molecular weight excluding hydrogens is 217 g/mol. The number of halogens is 1. The van der Waals surface area contributed by atoms with Crippen molar-refractivity contribution in [3.63, 3.8) is 0 Å². The van der Waals surface area contributed by atoms with Crippen LogP contribution in [0.3, 0.4) is 0 Å². The zero-order valence-corrected chi connectivity index (χ0v) is 11.1. The lowest BCUT2D eigenvalue weighted by atomic mass is 9.77. The number of carbonyl (C=O) groups excluding carboxylic acids is 1. The van der Waals surface area contributed by atoms with Crippen LogP contribution >= 0.6 is 0 Å². The van der Waals surface area contributed by atoms with Gasteiger partial charge in [0.1, 0.15) is 5.82 Å². The molecule has 1 aliphatic rings. The van der Waals surface area contributed by atoms with Gasteiger partial charge < -0.3 is 5.32 Å². The predicted octanol–water partition coefficient (Wildman–Crippen LogP) is 3.78. The average Bonchev–Trinajstić information content (AvgIpc) is 2.23. The van der Waals surface area contributed by atoms with E-state index in [1.54, 1.807) is 6.92 Å². The molecule has 0 fully saturated rings. The van der Waals surface area contributed by atoms with Crippen molar-refractivity contribution in [2.75, 3.05) is 5.32 Å². The van der Waals surface area contributed by atoms with E-state index in [-0.39, 0.29) is 17.1 Å². The number of rotatable bonds is 0. The lowest BCUT2D eigenvalue weighted by Crippen LogP contribution is -2.32. The third kappa shape index (κ3) is 2.65. The number of carbonyl (C=O) groups is 1. The topological polar surface area (TPSA) is 29.1 Å². The second-order valence-corrected chi connectivity index (χ2v) is 4.76. The molecule has 0 radical (unpaired) electrons. The van der Waals surface area contributed by atoms with Crippen molar-refractivity contribution < 1.29 is 9.18 Å². The minimum Gasteiger partial charge on any atom is -0.326 e.